The molecule has 0 aromatic carbocycles. The van der Waals surface area contributed by atoms with Crippen molar-refractivity contribution in [2.75, 3.05) is 6.61 Å². The van der Waals surface area contributed by atoms with E-state index in [0.717, 1.165) is 24.6 Å². The molecule has 6 rings (SSSR count). The molecule has 0 amide bonds. The quantitative estimate of drug-likeness (QED) is 0.410. The highest BCUT2D eigenvalue weighted by Gasteiger charge is 2.29. The van der Waals surface area contributed by atoms with Gasteiger partial charge >= 0.3 is 5.69 Å². The molecular weight excluding hydrogens is 424 g/mol. The number of pyridine rings is 1. The maximum absolute atomic E-state index is 13.5. The van der Waals surface area contributed by atoms with Gasteiger partial charge in [-0.05, 0) is 25.3 Å². The van der Waals surface area contributed by atoms with Gasteiger partial charge in [-0.25, -0.2) is 14.8 Å². The van der Waals surface area contributed by atoms with Crippen molar-refractivity contribution in [3.8, 4) is 22.7 Å². The molecule has 0 spiro atoms. The summed E-state index contributed by atoms with van der Waals surface area (Å²) in [5.41, 5.74) is 3.29. The second kappa shape index (κ2) is 7.66. The van der Waals surface area contributed by atoms with Crippen LogP contribution < -0.4 is 5.69 Å². The third kappa shape index (κ3) is 3.25. The minimum atomic E-state index is -0.316. The fourth-order valence-electron chi connectivity index (χ4n) is 4.62. The molecule has 1 saturated heterocycles. The average molecular weight is 446 g/mol. The molecule has 0 radical (unpaired) electrons. The molecule has 10 nitrogen and oxygen atoms in total. The number of nitrogens with zero attached hydrogens (tertiary/aromatic N) is 6. The lowest BCUT2D eigenvalue weighted by Gasteiger charge is -2.30. The maximum atomic E-state index is 13.5. The van der Waals surface area contributed by atoms with Crippen LogP contribution in [0.1, 0.15) is 32.2 Å². The van der Waals surface area contributed by atoms with Gasteiger partial charge in [0.1, 0.15) is 16.9 Å². The summed E-state index contributed by atoms with van der Waals surface area (Å²) in [7, 11) is 1.82. The van der Waals surface area contributed by atoms with E-state index in [2.05, 4.69) is 27.0 Å². The molecule has 168 valence electrons. The SMILES string of the molecule is CC[C@H]1C[C@@H](n2c(=O)nc(-c3cnn(C)c3)c3oc4cnc(-c5cnco5)cc4c32)CCO1. The van der Waals surface area contributed by atoms with Gasteiger partial charge < -0.3 is 13.6 Å². The van der Waals surface area contributed by atoms with Crippen LogP contribution in [0.4, 0.5) is 0 Å². The fraction of sp³-hybridized carbons (Fsp3) is 0.348. The average Bonchev–Trinajstić information content (AvgIpc) is 3.58. The van der Waals surface area contributed by atoms with Gasteiger partial charge in [0.2, 0.25) is 0 Å². The third-order valence-electron chi connectivity index (χ3n) is 6.24. The van der Waals surface area contributed by atoms with E-state index in [-0.39, 0.29) is 17.8 Å². The van der Waals surface area contributed by atoms with Crippen LogP contribution in [-0.2, 0) is 11.8 Å². The normalized spacial score (nSPS) is 19.0. The summed E-state index contributed by atoms with van der Waals surface area (Å²) in [6, 6.07) is 1.83. The molecule has 5 aromatic heterocycles. The predicted molar refractivity (Wildman–Crippen MR) is 120 cm³/mol. The van der Waals surface area contributed by atoms with Crippen LogP contribution in [0.15, 0.2) is 50.9 Å². The number of aromatic nitrogens is 6. The van der Waals surface area contributed by atoms with Crippen molar-refractivity contribution in [2.24, 2.45) is 7.05 Å². The van der Waals surface area contributed by atoms with E-state index in [1.165, 1.54) is 6.39 Å². The van der Waals surface area contributed by atoms with Gasteiger partial charge in [0.25, 0.3) is 0 Å². The second-order valence-electron chi connectivity index (χ2n) is 8.31. The number of hydrogen-bond acceptors (Lipinski definition) is 8. The zero-order chi connectivity index (χ0) is 22.5. The molecule has 0 unspecified atom stereocenters. The Balaban J connectivity index is 1.66. The zero-order valence-electron chi connectivity index (χ0n) is 18.3. The van der Waals surface area contributed by atoms with E-state index in [1.54, 1.807) is 27.8 Å². The Morgan fingerprint density at radius 2 is 2.15 bits per heavy atom. The Morgan fingerprint density at radius 3 is 2.91 bits per heavy atom. The van der Waals surface area contributed by atoms with E-state index in [4.69, 9.17) is 13.6 Å². The molecule has 0 N–H and O–H groups in total. The van der Waals surface area contributed by atoms with Crippen molar-refractivity contribution in [2.45, 2.75) is 38.3 Å². The molecule has 5 aromatic rings. The molecule has 1 aliphatic heterocycles. The van der Waals surface area contributed by atoms with E-state index in [0.29, 0.717) is 46.0 Å². The van der Waals surface area contributed by atoms with E-state index < -0.39 is 0 Å². The van der Waals surface area contributed by atoms with Gasteiger partial charge in [0.15, 0.2) is 23.3 Å². The van der Waals surface area contributed by atoms with Crippen LogP contribution in [0.5, 0.6) is 0 Å². The van der Waals surface area contributed by atoms with Crippen molar-refractivity contribution in [3.05, 3.63) is 47.7 Å². The van der Waals surface area contributed by atoms with Gasteiger partial charge in [-0.15, -0.1) is 0 Å². The first-order valence-electron chi connectivity index (χ1n) is 11.0. The molecule has 33 heavy (non-hydrogen) atoms. The first-order chi connectivity index (χ1) is 16.1. The van der Waals surface area contributed by atoms with Crippen LogP contribution in [0.3, 0.4) is 0 Å². The molecule has 10 heteroatoms. The maximum Gasteiger partial charge on any atom is 0.349 e. The van der Waals surface area contributed by atoms with E-state index in [1.807, 2.05) is 19.3 Å². The van der Waals surface area contributed by atoms with Crippen molar-refractivity contribution in [3.63, 3.8) is 0 Å². The Kier molecular flexibility index (Phi) is 4.61. The van der Waals surface area contributed by atoms with E-state index >= 15 is 0 Å². The van der Waals surface area contributed by atoms with Crippen LogP contribution in [0.2, 0.25) is 0 Å². The van der Waals surface area contributed by atoms with E-state index in [9.17, 15) is 4.79 Å². The van der Waals surface area contributed by atoms with Crippen molar-refractivity contribution >= 4 is 22.1 Å². The standard InChI is InChI=1S/C23H22N6O4/c1-3-15-6-14(4-5-31-15)29-21-16-7-17(19-9-24-12-32-19)25-10-18(16)33-22(21)20(27-23(29)30)13-8-26-28(2)11-13/h7-12,14-15H,3-6H2,1-2H3/t14-,15-/m0/s1. The monoisotopic (exact) mass is 446 g/mol. The molecule has 0 saturated carbocycles. The van der Waals surface area contributed by atoms with Crippen LogP contribution >= 0.6 is 0 Å². The summed E-state index contributed by atoms with van der Waals surface area (Å²) in [6.45, 7) is 2.69. The van der Waals surface area contributed by atoms with Crippen molar-refractivity contribution in [1.29, 1.82) is 0 Å². The lowest BCUT2D eigenvalue weighted by molar-refractivity contribution is -0.00709. The highest BCUT2D eigenvalue weighted by atomic mass is 16.5. The molecule has 0 bridgehead atoms. The van der Waals surface area contributed by atoms with Crippen molar-refractivity contribution < 1.29 is 13.6 Å². The molecule has 1 fully saturated rings. The molecule has 1 aliphatic rings. The topological polar surface area (TPSA) is 114 Å². The highest BCUT2D eigenvalue weighted by molar-refractivity contribution is 6.07. The van der Waals surface area contributed by atoms with Crippen molar-refractivity contribution in [1.82, 2.24) is 29.3 Å². The lowest BCUT2D eigenvalue weighted by atomic mass is 10.0. The number of aryl methyl sites for hydroxylation is 1. The van der Waals surface area contributed by atoms with Crippen LogP contribution in [0.25, 0.3) is 44.8 Å². The number of oxazole rings is 1. The molecule has 0 aliphatic carbocycles. The molecule has 6 heterocycles. The summed E-state index contributed by atoms with van der Waals surface area (Å²) < 4.78 is 21.0. The number of rotatable bonds is 4. The Morgan fingerprint density at radius 1 is 1.24 bits per heavy atom. The summed E-state index contributed by atoms with van der Waals surface area (Å²) in [5.74, 6) is 0.541. The zero-order valence-corrected chi connectivity index (χ0v) is 18.3. The van der Waals surface area contributed by atoms with Gasteiger partial charge in [0, 0.05) is 36.8 Å². The summed E-state index contributed by atoms with van der Waals surface area (Å²) in [4.78, 5) is 26.4. The Bertz CT molecular complexity index is 1510. The Labute approximate surface area is 187 Å². The summed E-state index contributed by atoms with van der Waals surface area (Å²) >= 11 is 0. The Hall–Kier alpha value is -3.79. The second-order valence-corrected chi connectivity index (χ2v) is 8.31. The highest BCUT2D eigenvalue weighted by Crippen LogP contribution is 2.37. The first-order valence-corrected chi connectivity index (χ1v) is 11.0. The van der Waals surface area contributed by atoms with Gasteiger partial charge in [-0.2, -0.15) is 10.1 Å². The van der Waals surface area contributed by atoms with Gasteiger partial charge in [0.05, 0.1) is 24.7 Å². The molecular formula is C23H22N6O4. The lowest BCUT2D eigenvalue weighted by Crippen LogP contribution is -2.34. The number of fused-ring (bicyclic) bond motifs is 3. The number of furan rings is 1. The number of hydrogen-bond donors (Lipinski definition) is 0. The summed E-state index contributed by atoms with van der Waals surface area (Å²) in [5, 5.41) is 5.02. The third-order valence-corrected chi connectivity index (χ3v) is 6.24. The first kappa shape index (κ1) is 19.9. The van der Waals surface area contributed by atoms with Crippen LogP contribution in [-0.4, -0.2) is 42.0 Å². The summed E-state index contributed by atoms with van der Waals surface area (Å²) in [6.07, 6.45) is 10.6. The van der Waals surface area contributed by atoms with Crippen LogP contribution in [0, 0.1) is 0 Å². The largest absolute Gasteiger partial charge is 0.450 e. The van der Waals surface area contributed by atoms with Gasteiger partial charge in [-0.1, -0.05) is 6.92 Å². The molecule has 2 atom stereocenters. The smallest absolute Gasteiger partial charge is 0.349 e. The number of ether oxygens (including phenoxy) is 1. The minimum Gasteiger partial charge on any atom is -0.450 e. The van der Waals surface area contributed by atoms with Gasteiger partial charge in [-0.3, -0.25) is 9.25 Å². The minimum absolute atomic E-state index is 0.0446. The predicted octanol–water partition coefficient (Wildman–Crippen LogP) is 3.72. The fourth-order valence-corrected chi connectivity index (χ4v) is 4.62.